The summed E-state index contributed by atoms with van der Waals surface area (Å²) in [4.78, 5) is 6.76. The molecule has 0 aliphatic heterocycles. The van der Waals surface area contributed by atoms with Gasteiger partial charge in [0.15, 0.2) is 5.96 Å². The third kappa shape index (κ3) is 10.5. The van der Waals surface area contributed by atoms with E-state index in [4.69, 9.17) is 9.47 Å². The zero-order chi connectivity index (χ0) is 17.8. The fraction of sp³-hybridized carbons (Fsp3) is 0.611. The van der Waals surface area contributed by atoms with Crippen LogP contribution in [-0.2, 0) is 11.3 Å². The minimum atomic E-state index is 0. The van der Waals surface area contributed by atoms with Gasteiger partial charge in [-0.2, -0.15) is 0 Å². The summed E-state index contributed by atoms with van der Waals surface area (Å²) in [5, 5.41) is 6.59. The van der Waals surface area contributed by atoms with Gasteiger partial charge in [0, 0.05) is 31.8 Å². The number of nitrogens with one attached hydrogen (secondary N) is 2. The van der Waals surface area contributed by atoms with E-state index in [1.54, 1.807) is 7.11 Å². The lowest BCUT2D eigenvalue weighted by Gasteiger charge is -2.17. The minimum absolute atomic E-state index is 0. The summed E-state index contributed by atoms with van der Waals surface area (Å²) in [5.74, 6) is 1.68. The van der Waals surface area contributed by atoms with E-state index in [1.165, 1.54) is 0 Å². The number of guanidine groups is 1. The Kier molecular flexibility index (Phi) is 13.5. The van der Waals surface area contributed by atoms with E-state index in [-0.39, 0.29) is 30.0 Å². The molecule has 0 aliphatic carbocycles. The molecule has 144 valence electrons. The maximum Gasteiger partial charge on any atom is 0.191 e. The fourth-order valence-corrected chi connectivity index (χ4v) is 2.12. The second kappa shape index (κ2) is 14.1. The van der Waals surface area contributed by atoms with Crippen molar-refractivity contribution in [1.82, 2.24) is 15.5 Å². The van der Waals surface area contributed by atoms with Crippen molar-refractivity contribution in [2.45, 2.75) is 26.4 Å². The molecule has 0 saturated carbocycles. The summed E-state index contributed by atoms with van der Waals surface area (Å²) < 4.78 is 11.0. The van der Waals surface area contributed by atoms with Gasteiger partial charge in [-0.15, -0.1) is 24.0 Å². The van der Waals surface area contributed by atoms with Gasteiger partial charge in [0.05, 0.1) is 13.2 Å². The summed E-state index contributed by atoms with van der Waals surface area (Å²) >= 11 is 0. The zero-order valence-corrected chi connectivity index (χ0v) is 18.4. The van der Waals surface area contributed by atoms with Crippen LogP contribution in [0.15, 0.2) is 29.3 Å². The molecule has 7 heteroatoms. The number of hydrogen-bond donors (Lipinski definition) is 2. The Hall–Kier alpha value is -1.06. The van der Waals surface area contributed by atoms with Crippen molar-refractivity contribution < 1.29 is 9.47 Å². The summed E-state index contributed by atoms with van der Waals surface area (Å²) in [6, 6.07) is 8.24. The SMILES string of the molecule is CCNC(=NCc1ccccc1OCCN(C)C)NC(C)COC.I. The molecule has 0 bridgehead atoms. The van der Waals surface area contributed by atoms with Gasteiger partial charge in [0.25, 0.3) is 0 Å². The number of benzene rings is 1. The zero-order valence-electron chi connectivity index (χ0n) is 16.0. The van der Waals surface area contributed by atoms with Gasteiger partial charge < -0.3 is 25.0 Å². The monoisotopic (exact) mass is 464 g/mol. The average molecular weight is 464 g/mol. The minimum Gasteiger partial charge on any atom is -0.492 e. The maximum atomic E-state index is 5.89. The smallest absolute Gasteiger partial charge is 0.191 e. The predicted octanol–water partition coefficient (Wildman–Crippen LogP) is 2.34. The summed E-state index contributed by atoms with van der Waals surface area (Å²) in [5.41, 5.74) is 1.08. The molecule has 0 spiro atoms. The number of hydrogen-bond acceptors (Lipinski definition) is 4. The van der Waals surface area contributed by atoms with Crippen LogP contribution in [0.25, 0.3) is 0 Å². The molecule has 1 aromatic rings. The molecule has 0 aliphatic rings. The van der Waals surface area contributed by atoms with Crippen LogP contribution >= 0.6 is 24.0 Å². The van der Waals surface area contributed by atoms with E-state index >= 15 is 0 Å². The van der Waals surface area contributed by atoms with Crippen LogP contribution in [0.4, 0.5) is 0 Å². The molecular formula is C18H33IN4O2. The topological polar surface area (TPSA) is 58.1 Å². The average Bonchev–Trinajstić information content (AvgIpc) is 2.54. The molecule has 1 atom stereocenters. The van der Waals surface area contributed by atoms with Gasteiger partial charge in [0.1, 0.15) is 12.4 Å². The van der Waals surface area contributed by atoms with Crippen molar-refractivity contribution in [3.63, 3.8) is 0 Å². The first-order valence-corrected chi connectivity index (χ1v) is 8.46. The quantitative estimate of drug-likeness (QED) is 0.316. The van der Waals surface area contributed by atoms with Crippen molar-refractivity contribution in [2.75, 3.05) is 47.5 Å². The first-order chi connectivity index (χ1) is 11.6. The Bertz CT molecular complexity index is 498. The van der Waals surface area contributed by atoms with Crippen LogP contribution in [0.3, 0.4) is 0 Å². The van der Waals surface area contributed by atoms with Gasteiger partial charge >= 0.3 is 0 Å². The maximum absolute atomic E-state index is 5.89. The highest BCUT2D eigenvalue weighted by atomic mass is 127. The van der Waals surface area contributed by atoms with Crippen molar-refractivity contribution >= 4 is 29.9 Å². The van der Waals surface area contributed by atoms with E-state index in [2.05, 4.69) is 40.4 Å². The Balaban J connectivity index is 0.00000576. The van der Waals surface area contributed by atoms with Crippen LogP contribution in [0.1, 0.15) is 19.4 Å². The number of nitrogens with zero attached hydrogens (tertiary/aromatic N) is 2. The summed E-state index contributed by atoms with van der Waals surface area (Å²) in [6.45, 7) is 7.67. The number of methoxy groups -OCH3 is 1. The second-order valence-corrected chi connectivity index (χ2v) is 5.96. The molecular weight excluding hydrogens is 431 g/mol. The highest BCUT2D eigenvalue weighted by molar-refractivity contribution is 14.0. The van der Waals surface area contributed by atoms with Crippen LogP contribution in [0.2, 0.25) is 0 Å². The summed E-state index contributed by atoms with van der Waals surface area (Å²) in [7, 11) is 5.77. The molecule has 25 heavy (non-hydrogen) atoms. The molecule has 1 rings (SSSR count). The first-order valence-electron chi connectivity index (χ1n) is 8.46. The molecule has 1 aromatic carbocycles. The predicted molar refractivity (Wildman–Crippen MR) is 115 cm³/mol. The Morgan fingerprint density at radius 1 is 1.28 bits per heavy atom. The lowest BCUT2D eigenvalue weighted by atomic mass is 10.2. The molecule has 0 radical (unpaired) electrons. The fourth-order valence-electron chi connectivity index (χ4n) is 2.12. The molecule has 0 amide bonds. The van der Waals surface area contributed by atoms with Gasteiger partial charge in [-0.05, 0) is 34.0 Å². The molecule has 6 nitrogen and oxygen atoms in total. The highest BCUT2D eigenvalue weighted by Crippen LogP contribution is 2.18. The Morgan fingerprint density at radius 2 is 2.00 bits per heavy atom. The van der Waals surface area contributed by atoms with Crippen LogP contribution < -0.4 is 15.4 Å². The number of aliphatic imine (C=N–C) groups is 1. The lowest BCUT2D eigenvalue weighted by molar-refractivity contribution is 0.179. The van der Waals surface area contributed by atoms with E-state index in [0.717, 1.165) is 30.4 Å². The number of likely N-dealkylation sites (N-methyl/N-ethyl adjacent to an activating group) is 1. The molecule has 0 fully saturated rings. The normalized spacial score (nSPS) is 12.5. The van der Waals surface area contributed by atoms with E-state index in [9.17, 15) is 0 Å². The Labute approximate surface area is 169 Å². The highest BCUT2D eigenvalue weighted by Gasteiger charge is 2.06. The van der Waals surface area contributed by atoms with Gasteiger partial charge in [-0.25, -0.2) is 4.99 Å². The van der Waals surface area contributed by atoms with Crippen LogP contribution in [0, 0.1) is 0 Å². The van der Waals surface area contributed by atoms with Gasteiger partial charge in [0.2, 0.25) is 0 Å². The number of ether oxygens (including phenoxy) is 2. The van der Waals surface area contributed by atoms with Crippen molar-refractivity contribution in [2.24, 2.45) is 4.99 Å². The van der Waals surface area contributed by atoms with Crippen LogP contribution in [0.5, 0.6) is 5.75 Å². The van der Waals surface area contributed by atoms with Crippen molar-refractivity contribution in [3.8, 4) is 5.75 Å². The van der Waals surface area contributed by atoms with E-state index < -0.39 is 0 Å². The third-order valence-electron chi connectivity index (χ3n) is 3.32. The van der Waals surface area contributed by atoms with Gasteiger partial charge in [-0.1, -0.05) is 18.2 Å². The number of rotatable bonds is 10. The van der Waals surface area contributed by atoms with E-state index in [1.807, 2.05) is 32.3 Å². The van der Waals surface area contributed by atoms with Gasteiger partial charge in [-0.3, -0.25) is 0 Å². The number of halogens is 1. The number of para-hydroxylation sites is 1. The molecule has 1 unspecified atom stereocenters. The second-order valence-electron chi connectivity index (χ2n) is 5.96. The largest absolute Gasteiger partial charge is 0.492 e. The molecule has 0 aromatic heterocycles. The molecule has 2 N–H and O–H groups in total. The summed E-state index contributed by atoms with van der Waals surface area (Å²) in [6.07, 6.45) is 0. The van der Waals surface area contributed by atoms with Crippen molar-refractivity contribution in [1.29, 1.82) is 0 Å². The lowest BCUT2D eigenvalue weighted by Crippen LogP contribution is -2.43. The first kappa shape index (κ1) is 23.9. The third-order valence-corrected chi connectivity index (χ3v) is 3.32. The standard InChI is InChI=1S/C18H32N4O2.HI/c1-6-19-18(21-15(2)14-23-5)20-13-16-9-7-8-10-17(16)24-12-11-22(3)4;/h7-10,15H,6,11-14H2,1-5H3,(H2,19,20,21);1H. The Morgan fingerprint density at radius 3 is 2.64 bits per heavy atom. The molecule has 0 saturated heterocycles. The van der Waals surface area contributed by atoms with Crippen LogP contribution in [-0.4, -0.2) is 64.4 Å². The molecule has 0 heterocycles. The van der Waals surface area contributed by atoms with Crippen molar-refractivity contribution in [3.05, 3.63) is 29.8 Å². The van der Waals surface area contributed by atoms with E-state index in [0.29, 0.717) is 19.8 Å².